The van der Waals surface area contributed by atoms with Gasteiger partial charge >= 0.3 is 0 Å². The van der Waals surface area contributed by atoms with Crippen LogP contribution in [0.15, 0.2) is 16.9 Å². The first-order valence-corrected chi connectivity index (χ1v) is 8.17. The lowest BCUT2D eigenvalue weighted by Gasteiger charge is -2.38. The van der Waals surface area contributed by atoms with Gasteiger partial charge in [-0.2, -0.15) is 10.1 Å². The van der Waals surface area contributed by atoms with Crippen LogP contribution >= 0.6 is 0 Å². The molecule has 0 aromatic carbocycles. The molecule has 1 aliphatic heterocycles. The van der Waals surface area contributed by atoms with Crippen LogP contribution in [0.5, 0.6) is 0 Å². The summed E-state index contributed by atoms with van der Waals surface area (Å²) in [6.45, 7) is 3.50. The van der Waals surface area contributed by atoms with Crippen LogP contribution in [0.4, 0.5) is 0 Å². The van der Waals surface area contributed by atoms with E-state index in [1.807, 2.05) is 11.9 Å². The molecule has 0 N–H and O–H groups in total. The third kappa shape index (κ3) is 2.64. The van der Waals surface area contributed by atoms with Crippen molar-refractivity contribution in [2.45, 2.75) is 43.9 Å². The largest absolute Gasteiger partial charge is 0.339 e. The average Bonchev–Trinajstić information content (AvgIpc) is 3.09. The lowest BCUT2D eigenvalue weighted by molar-refractivity contribution is 0.0642. The fourth-order valence-corrected chi connectivity index (χ4v) is 3.29. The number of rotatable bonds is 3. The molecule has 4 rings (SSSR count). The van der Waals surface area contributed by atoms with Crippen LogP contribution in [0.3, 0.4) is 0 Å². The van der Waals surface area contributed by atoms with E-state index in [0.29, 0.717) is 18.0 Å². The molecule has 0 spiro atoms. The van der Waals surface area contributed by atoms with Crippen molar-refractivity contribution in [2.75, 3.05) is 13.1 Å². The Hall–Kier alpha value is -2.18. The second-order valence-electron chi connectivity index (χ2n) is 7.02. The normalized spacial score (nSPS) is 24.9. The SMILES string of the molecule is Cn1cc(C(=O)N2CCCC(C)(c3noc(C4CC4)n3)C2)cn1. The quantitative estimate of drug-likeness (QED) is 0.864. The molecule has 1 atom stereocenters. The molecule has 2 fully saturated rings. The Morgan fingerprint density at radius 3 is 2.96 bits per heavy atom. The van der Waals surface area contributed by atoms with Gasteiger partial charge in [0.05, 0.1) is 11.8 Å². The number of hydrogen-bond acceptors (Lipinski definition) is 5. The van der Waals surface area contributed by atoms with Crippen LogP contribution in [0.2, 0.25) is 0 Å². The van der Waals surface area contributed by atoms with Crippen LogP contribution in [-0.2, 0) is 12.5 Å². The molecule has 1 saturated heterocycles. The average molecular weight is 315 g/mol. The molecule has 2 aliphatic rings. The van der Waals surface area contributed by atoms with E-state index < -0.39 is 0 Å². The summed E-state index contributed by atoms with van der Waals surface area (Å²) in [6, 6.07) is 0. The van der Waals surface area contributed by atoms with Gasteiger partial charge in [0.25, 0.3) is 5.91 Å². The monoisotopic (exact) mass is 315 g/mol. The molecule has 7 nitrogen and oxygen atoms in total. The highest BCUT2D eigenvalue weighted by atomic mass is 16.5. The Labute approximate surface area is 134 Å². The molecule has 1 aliphatic carbocycles. The van der Waals surface area contributed by atoms with Gasteiger partial charge in [0.2, 0.25) is 5.89 Å². The molecule has 3 heterocycles. The summed E-state index contributed by atoms with van der Waals surface area (Å²) in [5.41, 5.74) is 0.385. The van der Waals surface area contributed by atoms with Crippen molar-refractivity contribution in [1.82, 2.24) is 24.8 Å². The highest BCUT2D eigenvalue weighted by Gasteiger charge is 2.40. The Kier molecular flexibility index (Phi) is 3.25. The van der Waals surface area contributed by atoms with Crippen molar-refractivity contribution in [2.24, 2.45) is 7.05 Å². The van der Waals surface area contributed by atoms with Crippen molar-refractivity contribution in [1.29, 1.82) is 0 Å². The Balaban J connectivity index is 1.54. The van der Waals surface area contributed by atoms with E-state index in [2.05, 4.69) is 22.2 Å². The maximum atomic E-state index is 12.7. The van der Waals surface area contributed by atoms with Gasteiger partial charge in [-0.05, 0) is 25.7 Å². The summed E-state index contributed by atoms with van der Waals surface area (Å²) in [4.78, 5) is 19.2. The summed E-state index contributed by atoms with van der Waals surface area (Å²) in [5.74, 6) is 1.98. The summed E-state index contributed by atoms with van der Waals surface area (Å²) in [7, 11) is 1.82. The minimum atomic E-state index is -0.243. The fraction of sp³-hybridized carbons (Fsp3) is 0.625. The highest BCUT2D eigenvalue weighted by Crippen LogP contribution is 2.40. The molecule has 23 heavy (non-hydrogen) atoms. The Morgan fingerprint density at radius 1 is 1.43 bits per heavy atom. The summed E-state index contributed by atoms with van der Waals surface area (Å²) < 4.78 is 7.06. The van der Waals surface area contributed by atoms with Gasteiger partial charge in [0, 0.05) is 37.7 Å². The number of aromatic nitrogens is 4. The zero-order chi connectivity index (χ0) is 16.0. The fourth-order valence-electron chi connectivity index (χ4n) is 3.29. The summed E-state index contributed by atoms with van der Waals surface area (Å²) in [6.07, 6.45) is 7.57. The van der Waals surface area contributed by atoms with Gasteiger partial charge in [-0.3, -0.25) is 9.48 Å². The van der Waals surface area contributed by atoms with Gasteiger partial charge in [-0.1, -0.05) is 12.1 Å². The zero-order valence-electron chi connectivity index (χ0n) is 13.5. The smallest absolute Gasteiger partial charge is 0.257 e. The van der Waals surface area contributed by atoms with E-state index >= 15 is 0 Å². The van der Waals surface area contributed by atoms with Crippen LogP contribution in [-0.4, -0.2) is 43.8 Å². The number of piperidine rings is 1. The second-order valence-corrected chi connectivity index (χ2v) is 7.02. The topological polar surface area (TPSA) is 77.0 Å². The van der Waals surface area contributed by atoms with E-state index in [-0.39, 0.29) is 11.3 Å². The Morgan fingerprint density at radius 2 is 2.26 bits per heavy atom. The number of hydrogen-bond donors (Lipinski definition) is 0. The maximum absolute atomic E-state index is 12.7. The minimum Gasteiger partial charge on any atom is -0.339 e. The van der Waals surface area contributed by atoms with Crippen LogP contribution in [0.1, 0.15) is 60.6 Å². The standard InChI is InChI=1S/C16H21N5O2/c1-16(15-18-13(23-19-15)11-4-5-11)6-3-7-21(10-16)14(22)12-8-17-20(2)9-12/h8-9,11H,3-7,10H2,1-2H3. The lowest BCUT2D eigenvalue weighted by atomic mass is 9.81. The van der Waals surface area contributed by atoms with Crippen LogP contribution < -0.4 is 0 Å². The lowest BCUT2D eigenvalue weighted by Crippen LogP contribution is -2.47. The number of likely N-dealkylation sites (tertiary alicyclic amines) is 1. The second kappa shape index (κ2) is 5.18. The molecule has 1 unspecified atom stereocenters. The van der Waals surface area contributed by atoms with Gasteiger partial charge in [-0.25, -0.2) is 0 Å². The maximum Gasteiger partial charge on any atom is 0.257 e. The molecule has 7 heteroatoms. The molecule has 2 aromatic heterocycles. The zero-order valence-corrected chi connectivity index (χ0v) is 13.5. The number of aryl methyl sites for hydroxylation is 1. The van der Waals surface area contributed by atoms with E-state index in [1.165, 1.54) is 0 Å². The summed E-state index contributed by atoms with van der Waals surface area (Å²) >= 11 is 0. The van der Waals surface area contributed by atoms with E-state index in [9.17, 15) is 4.79 Å². The van der Waals surface area contributed by atoms with Crippen molar-refractivity contribution >= 4 is 5.91 Å². The van der Waals surface area contributed by atoms with E-state index in [4.69, 9.17) is 4.52 Å². The van der Waals surface area contributed by atoms with Crippen molar-refractivity contribution in [3.8, 4) is 0 Å². The number of carbonyl (C=O) groups excluding carboxylic acids is 1. The van der Waals surface area contributed by atoms with Crippen molar-refractivity contribution < 1.29 is 9.32 Å². The summed E-state index contributed by atoms with van der Waals surface area (Å²) in [5, 5.41) is 8.29. The van der Waals surface area contributed by atoms with E-state index in [1.54, 1.807) is 17.1 Å². The van der Waals surface area contributed by atoms with Crippen molar-refractivity contribution in [3.05, 3.63) is 29.7 Å². The molecule has 1 amide bonds. The third-order valence-corrected chi connectivity index (χ3v) is 4.84. The highest BCUT2D eigenvalue weighted by molar-refractivity contribution is 5.93. The first kappa shape index (κ1) is 14.4. The Bertz CT molecular complexity index is 732. The predicted molar refractivity (Wildman–Crippen MR) is 82.0 cm³/mol. The molecular weight excluding hydrogens is 294 g/mol. The van der Waals surface area contributed by atoms with Crippen molar-refractivity contribution in [3.63, 3.8) is 0 Å². The molecule has 0 radical (unpaired) electrons. The predicted octanol–water partition coefficient (Wildman–Crippen LogP) is 1.87. The van der Waals surface area contributed by atoms with Crippen LogP contribution in [0, 0.1) is 0 Å². The number of amides is 1. The molecule has 122 valence electrons. The van der Waals surface area contributed by atoms with Gasteiger partial charge < -0.3 is 9.42 Å². The molecule has 2 aromatic rings. The van der Waals surface area contributed by atoms with Gasteiger partial charge in [-0.15, -0.1) is 0 Å². The minimum absolute atomic E-state index is 0.0231. The van der Waals surface area contributed by atoms with Gasteiger partial charge in [0.1, 0.15) is 0 Å². The first-order valence-electron chi connectivity index (χ1n) is 8.17. The number of carbonyl (C=O) groups is 1. The first-order chi connectivity index (χ1) is 11.0. The molecule has 0 bridgehead atoms. The van der Waals surface area contributed by atoms with E-state index in [0.717, 1.165) is 43.9 Å². The van der Waals surface area contributed by atoms with Crippen LogP contribution in [0.25, 0.3) is 0 Å². The molecule has 1 saturated carbocycles. The number of nitrogens with zero attached hydrogens (tertiary/aromatic N) is 5. The third-order valence-electron chi connectivity index (χ3n) is 4.84. The molecular formula is C16H21N5O2. The van der Waals surface area contributed by atoms with Gasteiger partial charge in [0.15, 0.2) is 5.82 Å².